The van der Waals surface area contributed by atoms with E-state index < -0.39 is 12.1 Å². The smallest absolute Gasteiger partial charge is 0.490 e. The summed E-state index contributed by atoms with van der Waals surface area (Å²) in [4.78, 5) is 38.2. The molecule has 0 radical (unpaired) electrons. The van der Waals surface area contributed by atoms with Crippen LogP contribution in [0.3, 0.4) is 0 Å². The average Bonchev–Trinajstić information content (AvgIpc) is 3.43. The number of carbonyl (C=O) groups is 2. The van der Waals surface area contributed by atoms with Crippen molar-refractivity contribution in [2.24, 2.45) is 0 Å². The maximum absolute atomic E-state index is 12.8. The van der Waals surface area contributed by atoms with Gasteiger partial charge >= 0.3 is 12.1 Å². The van der Waals surface area contributed by atoms with E-state index in [1.807, 2.05) is 72.8 Å². The van der Waals surface area contributed by atoms with Crippen LogP contribution in [0.4, 0.5) is 19.1 Å². The Kier molecular flexibility index (Phi) is 8.23. The molecule has 10 nitrogen and oxygen atoms in total. The Morgan fingerprint density at radius 2 is 1.81 bits per heavy atom. The highest BCUT2D eigenvalue weighted by Gasteiger charge is 2.38. The lowest BCUT2D eigenvalue weighted by atomic mass is 9.94. The second-order valence-electron chi connectivity index (χ2n) is 9.66. The van der Waals surface area contributed by atoms with Gasteiger partial charge in [-0.3, -0.25) is 4.79 Å². The van der Waals surface area contributed by atoms with Gasteiger partial charge in [-0.15, -0.1) is 0 Å². The molecular weight excluding hydrogens is 565 g/mol. The lowest BCUT2D eigenvalue weighted by Crippen LogP contribution is -2.24. The molecule has 1 amide bonds. The number of aliphatic carboxylic acids is 1. The van der Waals surface area contributed by atoms with Crippen LogP contribution in [0.2, 0.25) is 0 Å². The first-order valence-corrected chi connectivity index (χ1v) is 13.0. The zero-order chi connectivity index (χ0) is 30.6. The minimum Gasteiger partial charge on any atom is -0.493 e. The monoisotopic (exact) mass is 590 g/mol. The normalized spacial score (nSPS) is 14.2. The summed E-state index contributed by atoms with van der Waals surface area (Å²) >= 11 is 0. The number of carboxylic acid groups (broad SMARTS) is 1. The number of fused-ring (bicyclic) bond motifs is 2. The first-order chi connectivity index (χ1) is 20.6. The van der Waals surface area contributed by atoms with Crippen molar-refractivity contribution in [3.05, 3.63) is 102 Å². The third-order valence-electron chi connectivity index (χ3n) is 6.62. The van der Waals surface area contributed by atoms with Crippen LogP contribution in [0.25, 0.3) is 22.3 Å². The highest BCUT2D eigenvalue weighted by atomic mass is 19.4. The number of nitrogen functional groups attached to an aromatic ring is 1. The van der Waals surface area contributed by atoms with E-state index in [4.69, 9.17) is 25.4 Å². The van der Waals surface area contributed by atoms with Crippen LogP contribution in [0.5, 0.6) is 5.75 Å². The number of carboxylic acids is 1. The van der Waals surface area contributed by atoms with Crippen molar-refractivity contribution in [3.63, 3.8) is 0 Å². The number of nitrogens with zero attached hydrogens (tertiary/aromatic N) is 3. The van der Waals surface area contributed by atoms with Crippen LogP contribution in [0, 0.1) is 0 Å². The summed E-state index contributed by atoms with van der Waals surface area (Å²) < 4.78 is 37.8. The van der Waals surface area contributed by atoms with E-state index in [-0.39, 0.29) is 17.8 Å². The number of halogens is 3. The lowest BCUT2D eigenvalue weighted by molar-refractivity contribution is -0.192. The second-order valence-corrected chi connectivity index (χ2v) is 9.66. The molecule has 0 fully saturated rings. The van der Waals surface area contributed by atoms with E-state index in [9.17, 15) is 18.0 Å². The molecule has 5 aromatic rings. The van der Waals surface area contributed by atoms with Crippen molar-refractivity contribution < 1.29 is 32.6 Å². The number of hydrogen-bond acceptors (Lipinski definition) is 7. The van der Waals surface area contributed by atoms with Crippen molar-refractivity contribution in [2.75, 3.05) is 12.3 Å². The fourth-order valence-corrected chi connectivity index (χ4v) is 4.51. The van der Waals surface area contributed by atoms with Gasteiger partial charge in [0.05, 0.1) is 29.3 Å². The van der Waals surface area contributed by atoms with Gasteiger partial charge in [0, 0.05) is 23.9 Å². The molecule has 0 spiro atoms. The molecule has 5 N–H and O–H groups in total. The summed E-state index contributed by atoms with van der Waals surface area (Å²) in [7, 11) is 0. The number of carbonyl (C=O) groups excluding carboxylic acids is 1. The summed E-state index contributed by atoms with van der Waals surface area (Å²) in [5.74, 6) is -0.910. The van der Waals surface area contributed by atoms with E-state index in [0.29, 0.717) is 18.7 Å². The van der Waals surface area contributed by atoms with Crippen LogP contribution >= 0.6 is 0 Å². The number of aromatic nitrogens is 4. The Bertz CT molecular complexity index is 1780. The number of H-pyrrole nitrogens is 1. The van der Waals surface area contributed by atoms with E-state index >= 15 is 0 Å². The van der Waals surface area contributed by atoms with Crippen molar-refractivity contribution in [3.8, 4) is 17.0 Å². The van der Waals surface area contributed by atoms with Crippen LogP contribution in [0.15, 0.2) is 79.0 Å². The average molecular weight is 591 g/mol. The number of rotatable bonds is 5. The Hall–Kier alpha value is -5.46. The van der Waals surface area contributed by atoms with Crippen LogP contribution in [0.1, 0.15) is 33.2 Å². The Balaban J connectivity index is 0.000000472. The molecule has 220 valence electrons. The van der Waals surface area contributed by atoms with Crippen molar-refractivity contribution in [2.45, 2.75) is 25.1 Å². The molecule has 0 bridgehead atoms. The zero-order valence-corrected chi connectivity index (χ0v) is 22.4. The summed E-state index contributed by atoms with van der Waals surface area (Å²) in [6.07, 6.45) is -2.71. The quantitative estimate of drug-likeness (QED) is 0.226. The molecule has 1 atom stereocenters. The van der Waals surface area contributed by atoms with Gasteiger partial charge in [0.25, 0.3) is 5.91 Å². The van der Waals surface area contributed by atoms with Crippen LogP contribution < -0.4 is 15.8 Å². The van der Waals surface area contributed by atoms with Gasteiger partial charge in [-0.1, -0.05) is 36.4 Å². The Labute approximate surface area is 242 Å². The van der Waals surface area contributed by atoms with Gasteiger partial charge in [-0.2, -0.15) is 13.2 Å². The largest absolute Gasteiger partial charge is 0.493 e. The topological polar surface area (TPSA) is 156 Å². The first kappa shape index (κ1) is 29.0. The SMILES string of the molecule is Nc1nccc(-c2ccc3nc(C4COc5ccc(C(=O)NCc6ccccc6)cc5C4)[nH]c3c2)n1.O=C(O)C(F)(F)F. The second kappa shape index (κ2) is 12.2. The molecule has 1 aliphatic heterocycles. The predicted octanol–water partition coefficient (Wildman–Crippen LogP) is 4.88. The summed E-state index contributed by atoms with van der Waals surface area (Å²) in [6, 6.07) is 23.2. The number of amides is 1. The standard InChI is InChI=1S/C28H24N6O2.C2HF3O2/c29-28-30-11-10-22(34-28)18-6-8-23-24(14-18)33-26(32-23)21-13-20-12-19(7-9-25(20)36-16-21)27(35)31-15-17-4-2-1-3-5-17;3-2(4,5)1(6)7/h1-12,14,21H,13,15-16H2,(H,31,35)(H,32,33)(H2,29,30,34);(H,6,7). The summed E-state index contributed by atoms with van der Waals surface area (Å²) in [6.45, 7) is 1.00. The molecule has 0 saturated heterocycles. The van der Waals surface area contributed by atoms with E-state index in [1.165, 1.54) is 0 Å². The number of alkyl halides is 3. The molecule has 6 rings (SSSR count). The maximum atomic E-state index is 12.8. The predicted molar refractivity (Wildman–Crippen MR) is 151 cm³/mol. The number of aromatic amines is 1. The van der Waals surface area contributed by atoms with Gasteiger partial charge < -0.3 is 25.9 Å². The molecule has 13 heteroatoms. The zero-order valence-electron chi connectivity index (χ0n) is 22.4. The van der Waals surface area contributed by atoms with E-state index in [1.54, 1.807) is 6.20 Å². The minimum absolute atomic E-state index is 0.0469. The molecule has 0 saturated carbocycles. The van der Waals surface area contributed by atoms with Gasteiger partial charge in [-0.25, -0.2) is 19.7 Å². The highest BCUT2D eigenvalue weighted by Crippen LogP contribution is 2.33. The number of nitrogens with one attached hydrogen (secondary N) is 2. The van der Waals surface area contributed by atoms with Gasteiger partial charge in [0.1, 0.15) is 11.6 Å². The fraction of sp³-hybridized carbons (Fsp3) is 0.167. The number of ether oxygens (including phenoxy) is 1. The molecule has 2 aromatic heterocycles. The van der Waals surface area contributed by atoms with Crippen LogP contribution in [-0.4, -0.2) is 49.7 Å². The summed E-state index contributed by atoms with van der Waals surface area (Å²) in [5, 5.41) is 10.1. The van der Waals surface area contributed by atoms with Crippen LogP contribution in [-0.2, 0) is 17.8 Å². The van der Waals surface area contributed by atoms with E-state index in [0.717, 1.165) is 51.4 Å². The molecule has 1 unspecified atom stereocenters. The molecule has 1 aliphatic rings. The minimum atomic E-state index is -5.08. The van der Waals surface area contributed by atoms with Gasteiger partial charge in [0.2, 0.25) is 5.95 Å². The van der Waals surface area contributed by atoms with E-state index in [2.05, 4.69) is 20.3 Å². The third-order valence-corrected chi connectivity index (χ3v) is 6.62. The summed E-state index contributed by atoms with van der Waals surface area (Å²) in [5.41, 5.74) is 11.9. The molecular formula is C30H25F3N6O4. The van der Waals surface area contributed by atoms with Gasteiger partial charge in [0.15, 0.2) is 0 Å². The Morgan fingerprint density at radius 3 is 2.53 bits per heavy atom. The number of anilines is 1. The molecule has 3 heterocycles. The third kappa shape index (κ3) is 7.07. The maximum Gasteiger partial charge on any atom is 0.490 e. The molecule has 0 aliphatic carbocycles. The number of hydrogen-bond donors (Lipinski definition) is 4. The molecule has 3 aromatic carbocycles. The number of benzene rings is 3. The van der Waals surface area contributed by atoms with Crippen molar-refractivity contribution >= 4 is 28.9 Å². The van der Waals surface area contributed by atoms with Crippen molar-refractivity contribution in [1.82, 2.24) is 25.3 Å². The fourth-order valence-electron chi connectivity index (χ4n) is 4.51. The number of nitrogens with two attached hydrogens (primary N) is 1. The Morgan fingerprint density at radius 1 is 1.05 bits per heavy atom. The highest BCUT2D eigenvalue weighted by molar-refractivity contribution is 5.94. The number of imidazole rings is 1. The first-order valence-electron chi connectivity index (χ1n) is 13.0. The lowest BCUT2D eigenvalue weighted by Gasteiger charge is -2.24. The molecule has 43 heavy (non-hydrogen) atoms. The van der Waals surface area contributed by atoms with Crippen molar-refractivity contribution in [1.29, 1.82) is 0 Å². The van der Waals surface area contributed by atoms with Gasteiger partial charge in [-0.05, 0) is 53.9 Å².